The first-order valence-corrected chi connectivity index (χ1v) is 32.1. The summed E-state index contributed by atoms with van der Waals surface area (Å²) in [6.45, 7) is 37.9. The first kappa shape index (κ1) is 70.2. The molecule has 9 aromatic rings. The SMILES string of the molecule is C=CC(=O)Oc1ccc(-c2c(C)c(OP(=O)(Oc3c(C)c(-c4ccc(OC(=O)C=C)cc4)c(C)c(-c4ccc(OC(=O)C=C)cc4)c3C)Oc3c(C)c(-c4ccc(OC(=O)C=C)cc4)c(C)c(-c4ccc(OC(=O)C=C)cc4)c3C)c(C)c(-c3ccc(OC(=O)C=C)cc3)c2C)cc1. The van der Waals surface area contributed by atoms with E-state index < -0.39 is 43.6 Å². The van der Waals surface area contributed by atoms with Gasteiger partial charge < -0.3 is 42.0 Å². The maximum atomic E-state index is 17.6. The molecule has 9 aromatic carbocycles. The highest BCUT2D eigenvalue weighted by Gasteiger charge is 2.40. The zero-order chi connectivity index (χ0) is 70.9. The van der Waals surface area contributed by atoms with Crippen molar-refractivity contribution in [2.75, 3.05) is 0 Å². The van der Waals surface area contributed by atoms with Gasteiger partial charge in [0.05, 0.1) is 0 Å². The summed E-state index contributed by atoms with van der Waals surface area (Å²) in [5.74, 6) is -2.20. The number of hydrogen-bond acceptors (Lipinski definition) is 16. The highest BCUT2D eigenvalue weighted by Crippen LogP contribution is 2.59. The number of carbonyl (C=O) groups is 6. The van der Waals surface area contributed by atoms with Crippen molar-refractivity contribution in [1.29, 1.82) is 0 Å². The van der Waals surface area contributed by atoms with Gasteiger partial charge in [-0.15, -0.1) is 0 Å². The molecule has 98 heavy (non-hydrogen) atoms. The van der Waals surface area contributed by atoms with Gasteiger partial charge in [-0.25, -0.2) is 28.8 Å². The standard InChI is InChI=1S/C81H69O16P/c1-16-67(82)89-61-34-22-55(23-35-61)73-46(7)74(56-24-36-62(37-25-56)90-68(83)17-2)50(11)79(49(73)10)95-98(88,96-80-51(12)75(57-26-38-63(39-27-57)91-69(84)18-3)47(8)76(52(80)13)58-28-40-64(41-29-58)92-70(85)19-4)97-81-53(14)77(59-30-42-65(43-31-59)93-71(86)20-5)48(9)78(54(81)15)60-32-44-66(45-33-60)94-72(87)21-6/h16-45H,1-6H2,7-15H3. The molecule has 0 unspecified atom stereocenters. The highest BCUT2D eigenvalue weighted by atomic mass is 31.2. The third-order valence-electron chi connectivity index (χ3n) is 16.3. The van der Waals surface area contributed by atoms with Gasteiger partial charge in [0.25, 0.3) is 0 Å². The molecule has 0 radical (unpaired) electrons. The molecule has 0 saturated carbocycles. The lowest BCUT2D eigenvalue weighted by Gasteiger charge is -2.30. The zero-order valence-electron chi connectivity index (χ0n) is 55.5. The zero-order valence-corrected chi connectivity index (χ0v) is 56.4. The van der Waals surface area contributed by atoms with Gasteiger partial charge in [0.2, 0.25) is 0 Å². The maximum absolute atomic E-state index is 17.6. The van der Waals surface area contributed by atoms with Crippen LogP contribution in [0.4, 0.5) is 0 Å². The van der Waals surface area contributed by atoms with E-state index in [1.54, 1.807) is 146 Å². The van der Waals surface area contributed by atoms with E-state index in [4.69, 9.17) is 42.0 Å². The van der Waals surface area contributed by atoms with Crippen LogP contribution in [0.3, 0.4) is 0 Å². The Labute approximate surface area is 568 Å². The lowest BCUT2D eigenvalue weighted by Crippen LogP contribution is -2.14. The van der Waals surface area contributed by atoms with Crippen LogP contribution in [0.5, 0.6) is 51.7 Å². The Balaban J connectivity index is 1.36. The second kappa shape index (κ2) is 30.1. The largest absolute Gasteiger partial charge is 0.647 e. The van der Waals surface area contributed by atoms with Gasteiger partial charge in [-0.2, -0.15) is 4.57 Å². The van der Waals surface area contributed by atoms with E-state index in [0.29, 0.717) is 100 Å². The third kappa shape index (κ3) is 15.2. The van der Waals surface area contributed by atoms with Crippen molar-refractivity contribution in [1.82, 2.24) is 0 Å². The summed E-state index contributed by atoms with van der Waals surface area (Å²) in [6.07, 6.45) is 6.35. The van der Waals surface area contributed by atoms with E-state index in [2.05, 4.69) is 39.5 Å². The van der Waals surface area contributed by atoms with Crippen LogP contribution in [0, 0.1) is 62.3 Å². The Hall–Kier alpha value is -12.1. The van der Waals surface area contributed by atoms with Crippen LogP contribution in [0.2, 0.25) is 0 Å². The average molecular weight is 1330 g/mol. The van der Waals surface area contributed by atoms with Crippen LogP contribution >= 0.6 is 7.82 Å². The minimum Gasteiger partial charge on any atom is -0.423 e. The third-order valence-corrected chi connectivity index (χ3v) is 17.5. The van der Waals surface area contributed by atoms with Crippen LogP contribution in [0.1, 0.15) is 50.1 Å². The minimum absolute atomic E-state index is 0.0858. The number of phosphoric acid groups is 1. The van der Waals surface area contributed by atoms with Crippen molar-refractivity contribution >= 4 is 43.6 Å². The van der Waals surface area contributed by atoms with Crippen LogP contribution in [-0.2, 0) is 33.3 Å². The van der Waals surface area contributed by atoms with Crippen molar-refractivity contribution in [2.24, 2.45) is 0 Å². The lowest BCUT2D eigenvalue weighted by atomic mass is 9.85. The van der Waals surface area contributed by atoms with E-state index in [1.807, 2.05) is 62.3 Å². The Bertz CT molecular complexity index is 4030. The number of benzene rings is 9. The summed E-state index contributed by atoms with van der Waals surface area (Å²) in [5, 5.41) is 0. The van der Waals surface area contributed by atoms with E-state index >= 15 is 4.57 Å². The van der Waals surface area contributed by atoms with Crippen molar-refractivity contribution < 1.29 is 75.3 Å². The molecule has 494 valence electrons. The molecule has 0 aliphatic heterocycles. The van der Waals surface area contributed by atoms with Crippen molar-refractivity contribution in [2.45, 2.75) is 62.3 Å². The quantitative estimate of drug-likeness (QED) is 0.0239. The van der Waals surface area contributed by atoms with Gasteiger partial charge >= 0.3 is 43.6 Å². The maximum Gasteiger partial charge on any atom is 0.647 e. The first-order valence-electron chi connectivity index (χ1n) is 30.6. The number of phosphoric ester groups is 1. The summed E-state index contributed by atoms with van der Waals surface area (Å²) < 4.78 is 72.4. The first-order chi connectivity index (χ1) is 46.8. The molecule has 0 aliphatic carbocycles. The van der Waals surface area contributed by atoms with Crippen LogP contribution in [0.25, 0.3) is 66.8 Å². The molecule has 0 fully saturated rings. The van der Waals surface area contributed by atoms with Crippen molar-refractivity contribution in [3.8, 4) is 119 Å². The Morgan fingerprint density at radius 1 is 0.245 bits per heavy atom. The summed E-state index contributed by atoms with van der Waals surface area (Å²) in [7, 11) is -5.33. The molecule has 9 rings (SSSR count). The molecule has 0 aromatic heterocycles. The van der Waals surface area contributed by atoms with Crippen molar-refractivity contribution in [3.05, 3.63) is 272 Å². The molecule has 0 amide bonds. The Morgan fingerprint density at radius 2 is 0.378 bits per heavy atom. The molecule has 0 heterocycles. The van der Waals surface area contributed by atoms with E-state index in [-0.39, 0.29) is 51.7 Å². The van der Waals surface area contributed by atoms with Crippen molar-refractivity contribution in [3.63, 3.8) is 0 Å². The number of carbonyl (C=O) groups excluding carboxylic acids is 6. The molecule has 0 N–H and O–H groups in total. The van der Waals surface area contributed by atoms with Crippen LogP contribution in [-0.4, -0.2) is 35.8 Å². The van der Waals surface area contributed by atoms with Gasteiger partial charge in [0.1, 0.15) is 51.7 Å². The van der Waals surface area contributed by atoms with Gasteiger partial charge in [0.15, 0.2) is 0 Å². The van der Waals surface area contributed by atoms with Gasteiger partial charge in [-0.1, -0.05) is 112 Å². The molecule has 0 atom stereocenters. The topological polar surface area (TPSA) is 203 Å². The molecule has 0 aliphatic rings. The van der Waals surface area contributed by atoms with Crippen LogP contribution in [0.15, 0.2) is 222 Å². The lowest BCUT2D eigenvalue weighted by molar-refractivity contribution is -0.129. The summed E-state index contributed by atoms with van der Waals surface area (Å²) in [4.78, 5) is 74.5. The second-order valence-electron chi connectivity index (χ2n) is 22.5. The highest BCUT2D eigenvalue weighted by molar-refractivity contribution is 7.49. The number of esters is 6. The molecule has 0 saturated heterocycles. The fourth-order valence-corrected chi connectivity index (χ4v) is 13.7. The predicted molar refractivity (Wildman–Crippen MR) is 379 cm³/mol. The number of ether oxygens (including phenoxy) is 6. The Morgan fingerprint density at radius 3 is 0.500 bits per heavy atom. The van der Waals surface area contributed by atoms with E-state index in [9.17, 15) is 28.8 Å². The van der Waals surface area contributed by atoms with E-state index in [1.165, 1.54) is 0 Å². The Kier molecular flexibility index (Phi) is 21.5. The normalized spacial score (nSPS) is 10.8. The second-order valence-corrected chi connectivity index (χ2v) is 23.9. The molecule has 0 bridgehead atoms. The fourth-order valence-electron chi connectivity index (χ4n) is 12.1. The summed E-state index contributed by atoms with van der Waals surface area (Å²) in [6, 6.07) is 40.9. The summed E-state index contributed by atoms with van der Waals surface area (Å²) in [5.41, 5.74) is 12.8. The van der Waals surface area contributed by atoms with E-state index in [0.717, 1.165) is 53.1 Å². The predicted octanol–water partition coefficient (Wildman–Crippen LogP) is 18.7. The van der Waals surface area contributed by atoms with Gasteiger partial charge in [-0.05, 0) is 219 Å². The van der Waals surface area contributed by atoms with Gasteiger partial charge in [-0.3, -0.25) is 0 Å². The summed E-state index contributed by atoms with van der Waals surface area (Å²) >= 11 is 0. The monoisotopic (exact) mass is 1330 g/mol. The van der Waals surface area contributed by atoms with Crippen LogP contribution < -0.4 is 42.0 Å². The molecule has 17 heteroatoms. The molecular weight excluding hydrogens is 1260 g/mol. The average Bonchev–Trinajstić information content (AvgIpc) is 0.747. The number of rotatable bonds is 24. The molecule has 16 nitrogen and oxygen atoms in total. The smallest absolute Gasteiger partial charge is 0.423 e. The molecular formula is C81H69O16P. The minimum atomic E-state index is -5.33. The number of hydrogen-bond donors (Lipinski definition) is 0. The molecule has 0 spiro atoms. The van der Waals surface area contributed by atoms with Gasteiger partial charge in [0, 0.05) is 69.8 Å². The fraction of sp³-hybridized carbons (Fsp3) is 0.111.